The number of ether oxygens (including phenoxy) is 1. The van der Waals surface area contributed by atoms with Crippen LogP contribution in [0.15, 0.2) is 53.1 Å². The maximum atomic E-state index is 13.0. The molecule has 5 rings (SSSR count). The highest BCUT2D eigenvalue weighted by atomic mass is 19.4. The molecule has 2 N–H and O–H groups in total. The van der Waals surface area contributed by atoms with E-state index in [0.29, 0.717) is 17.2 Å². The van der Waals surface area contributed by atoms with Crippen molar-refractivity contribution in [2.45, 2.75) is 43.9 Å². The van der Waals surface area contributed by atoms with Gasteiger partial charge in [-0.05, 0) is 49.9 Å². The molecule has 0 bridgehead atoms. The van der Waals surface area contributed by atoms with Crippen molar-refractivity contribution in [3.63, 3.8) is 0 Å². The third-order valence-electron chi connectivity index (χ3n) is 6.15. The molecule has 7 nitrogen and oxygen atoms in total. The van der Waals surface area contributed by atoms with E-state index in [1.54, 1.807) is 37.4 Å². The molecule has 0 unspecified atom stereocenters. The highest BCUT2D eigenvalue weighted by Gasteiger charge is 2.34. The average Bonchev–Trinajstić information content (AvgIpc) is 3.45. The van der Waals surface area contributed by atoms with Gasteiger partial charge < -0.3 is 19.8 Å². The molecule has 0 spiro atoms. The predicted molar refractivity (Wildman–Crippen MR) is 120 cm³/mol. The topological polar surface area (TPSA) is 80.8 Å². The Hall–Kier alpha value is -3.69. The Balaban J connectivity index is 1.21. The van der Waals surface area contributed by atoms with E-state index >= 15 is 0 Å². The smallest absolute Gasteiger partial charge is 0.434 e. The van der Waals surface area contributed by atoms with Crippen LogP contribution in [0, 0.1) is 0 Å². The van der Waals surface area contributed by atoms with Gasteiger partial charge in [0.15, 0.2) is 22.8 Å². The van der Waals surface area contributed by atoms with E-state index in [4.69, 9.17) is 9.15 Å². The molecule has 1 aromatic carbocycles. The number of nitrogens with zero attached hydrogens (tertiary/aromatic N) is 2. The van der Waals surface area contributed by atoms with Gasteiger partial charge in [-0.1, -0.05) is 18.2 Å². The summed E-state index contributed by atoms with van der Waals surface area (Å²) in [6.45, 7) is 0. The number of fused-ring (bicyclic) bond motifs is 2. The molecule has 34 heavy (non-hydrogen) atoms. The number of rotatable bonds is 5. The Morgan fingerprint density at radius 3 is 2.59 bits per heavy atom. The summed E-state index contributed by atoms with van der Waals surface area (Å²) >= 11 is 0. The average molecular weight is 472 g/mol. The van der Waals surface area contributed by atoms with Crippen LogP contribution in [0.4, 0.5) is 19.0 Å². The van der Waals surface area contributed by atoms with Crippen molar-refractivity contribution in [3.05, 3.63) is 60.1 Å². The van der Waals surface area contributed by atoms with Crippen LogP contribution in [0.25, 0.3) is 16.6 Å². The zero-order chi connectivity index (χ0) is 23.9. The molecule has 0 radical (unpaired) electrons. The van der Waals surface area contributed by atoms with Gasteiger partial charge in [-0.25, -0.2) is 4.98 Å². The largest absolute Gasteiger partial charge is 0.493 e. The lowest BCUT2D eigenvalue weighted by Crippen LogP contribution is -2.40. The number of anilines is 1. The summed E-state index contributed by atoms with van der Waals surface area (Å²) < 4.78 is 51.6. The molecule has 3 heterocycles. The zero-order valence-corrected chi connectivity index (χ0v) is 18.4. The van der Waals surface area contributed by atoms with Crippen molar-refractivity contribution in [2.75, 3.05) is 12.4 Å². The van der Waals surface area contributed by atoms with Crippen molar-refractivity contribution in [1.82, 2.24) is 14.7 Å². The highest BCUT2D eigenvalue weighted by molar-refractivity contribution is 5.97. The van der Waals surface area contributed by atoms with E-state index in [0.717, 1.165) is 37.3 Å². The van der Waals surface area contributed by atoms with Crippen LogP contribution in [0.2, 0.25) is 0 Å². The van der Waals surface area contributed by atoms with E-state index < -0.39 is 11.9 Å². The number of aromatic nitrogens is 2. The van der Waals surface area contributed by atoms with Crippen molar-refractivity contribution in [3.8, 4) is 5.75 Å². The van der Waals surface area contributed by atoms with Crippen molar-refractivity contribution >= 4 is 28.3 Å². The quantitative estimate of drug-likeness (QED) is 0.414. The van der Waals surface area contributed by atoms with Crippen LogP contribution in [-0.2, 0) is 6.18 Å². The lowest BCUT2D eigenvalue weighted by atomic mass is 9.91. The maximum absolute atomic E-state index is 13.0. The fraction of sp³-hybridized carbons (Fsp3) is 0.333. The molecule has 10 heteroatoms. The zero-order valence-electron chi connectivity index (χ0n) is 18.4. The standard InChI is InChI=1S/C24H23F3N4O3/c1-33-17-5-2-4-14-12-18(34-22(14)17)23(32)29-16-10-8-15(9-11-16)28-20-6-3-7-21-30-19(13-31(20)21)24(25,26)27/h2-7,12-13,15-16,28H,8-11H2,1H3,(H,29,32). The number of halogens is 3. The van der Waals surface area contributed by atoms with Gasteiger partial charge in [0.2, 0.25) is 0 Å². The number of hydrogen-bond acceptors (Lipinski definition) is 5. The normalized spacial score (nSPS) is 18.8. The van der Waals surface area contributed by atoms with E-state index in [-0.39, 0.29) is 29.4 Å². The van der Waals surface area contributed by atoms with Gasteiger partial charge in [0.1, 0.15) is 11.5 Å². The Morgan fingerprint density at radius 2 is 1.85 bits per heavy atom. The van der Waals surface area contributed by atoms with Gasteiger partial charge >= 0.3 is 6.18 Å². The first-order valence-corrected chi connectivity index (χ1v) is 11.0. The minimum Gasteiger partial charge on any atom is -0.493 e. The number of alkyl halides is 3. The molecule has 0 aliphatic heterocycles. The Labute approximate surface area is 192 Å². The van der Waals surface area contributed by atoms with Crippen molar-refractivity contribution in [2.24, 2.45) is 0 Å². The molecule has 1 saturated carbocycles. The fourth-order valence-corrected chi connectivity index (χ4v) is 4.42. The van der Waals surface area contributed by atoms with Gasteiger partial charge in [-0.3, -0.25) is 9.20 Å². The second kappa shape index (κ2) is 8.58. The number of carbonyl (C=O) groups excluding carboxylic acids is 1. The summed E-state index contributed by atoms with van der Waals surface area (Å²) in [7, 11) is 1.55. The Morgan fingerprint density at radius 1 is 1.12 bits per heavy atom. The van der Waals surface area contributed by atoms with Crippen LogP contribution in [0.3, 0.4) is 0 Å². The summed E-state index contributed by atoms with van der Waals surface area (Å²) in [5, 5.41) is 7.15. The van der Waals surface area contributed by atoms with Crippen LogP contribution < -0.4 is 15.4 Å². The third-order valence-corrected chi connectivity index (χ3v) is 6.15. The molecule has 1 amide bonds. The van der Waals surface area contributed by atoms with Crippen molar-refractivity contribution in [1.29, 1.82) is 0 Å². The van der Waals surface area contributed by atoms with Crippen LogP contribution in [-0.4, -0.2) is 34.5 Å². The number of imidazole rings is 1. The molecular formula is C24H23F3N4O3. The summed E-state index contributed by atoms with van der Waals surface area (Å²) in [6, 6.07) is 12.2. The minimum absolute atomic E-state index is 0.0125. The lowest BCUT2D eigenvalue weighted by molar-refractivity contribution is -0.140. The van der Waals surface area contributed by atoms with Gasteiger partial charge in [-0.15, -0.1) is 0 Å². The van der Waals surface area contributed by atoms with Crippen LogP contribution in [0.5, 0.6) is 5.75 Å². The summed E-state index contributed by atoms with van der Waals surface area (Å²) in [5.74, 6) is 1.08. The van der Waals surface area contributed by atoms with Crippen LogP contribution in [0.1, 0.15) is 41.9 Å². The number of furan rings is 1. The number of methoxy groups -OCH3 is 1. The minimum atomic E-state index is -4.50. The lowest BCUT2D eigenvalue weighted by Gasteiger charge is -2.30. The molecule has 1 fully saturated rings. The van der Waals surface area contributed by atoms with Crippen LogP contribution >= 0.6 is 0 Å². The molecule has 178 valence electrons. The summed E-state index contributed by atoms with van der Waals surface area (Å²) in [6.07, 6.45) is -0.496. The molecule has 0 atom stereocenters. The second-order valence-electron chi connectivity index (χ2n) is 8.42. The highest BCUT2D eigenvalue weighted by Crippen LogP contribution is 2.31. The van der Waals surface area contributed by atoms with E-state index in [1.165, 1.54) is 4.40 Å². The maximum Gasteiger partial charge on any atom is 0.434 e. The fourth-order valence-electron chi connectivity index (χ4n) is 4.42. The molecule has 1 aliphatic rings. The number of amides is 1. The first-order valence-electron chi connectivity index (χ1n) is 11.0. The number of nitrogens with one attached hydrogen (secondary N) is 2. The summed E-state index contributed by atoms with van der Waals surface area (Å²) in [4.78, 5) is 16.4. The van der Waals surface area contributed by atoms with Gasteiger partial charge in [0.25, 0.3) is 5.91 Å². The number of pyridine rings is 1. The second-order valence-corrected chi connectivity index (χ2v) is 8.42. The molecule has 1 aliphatic carbocycles. The first kappa shape index (κ1) is 22.1. The number of benzene rings is 1. The first-order chi connectivity index (χ1) is 16.3. The number of hydrogen-bond donors (Lipinski definition) is 2. The third kappa shape index (κ3) is 4.27. The van der Waals surface area contributed by atoms with Gasteiger partial charge in [-0.2, -0.15) is 13.2 Å². The number of carbonyl (C=O) groups is 1. The van der Waals surface area contributed by atoms with E-state index in [2.05, 4.69) is 15.6 Å². The Kier molecular flexibility index (Phi) is 5.59. The molecular weight excluding hydrogens is 449 g/mol. The molecule has 0 saturated heterocycles. The molecule has 4 aromatic rings. The monoisotopic (exact) mass is 472 g/mol. The SMILES string of the molecule is COc1cccc2cc(C(=O)NC3CCC(Nc4cccc5nc(C(F)(F)F)cn45)CC3)oc12. The summed E-state index contributed by atoms with van der Waals surface area (Å²) in [5.41, 5.74) is -0.150. The van der Waals surface area contributed by atoms with Gasteiger partial charge in [0, 0.05) is 23.7 Å². The van der Waals surface area contributed by atoms with Gasteiger partial charge in [0.05, 0.1) is 7.11 Å². The van der Waals surface area contributed by atoms with E-state index in [1.807, 2.05) is 12.1 Å². The van der Waals surface area contributed by atoms with Crippen molar-refractivity contribution < 1.29 is 27.1 Å². The predicted octanol–water partition coefficient (Wildman–Crippen LogP) is 5.26. The number of para-hydroxylation sites is 1. The molecule has 3 aromatic heterocycles. The Bertz CT molecular complexity index is 1340. The van der Waals surface area contributed by atoms with E-state index in [9.17, 15) is 18.0 Å².